The number of hydrogen-bond acceptors (Lipinski definition) is 3. The van der Waals surface area contributed by atoms with Crippen molar-refractivity contribution in [1.29, 1.82) is 0 Å². The number of carbonyl (C=O) groups is 2. The van der Waals surface area contributed by atoms with E-state index in [0.717, 1.165) is 5.56 Å². The van der Waals surface area contributed by atoms with E-state index in [2.05, 4.69) is 10.2 Å². The predicted octanol–water partition coefficient (Wildman–Crippen LogP) is 3.57. The van der Waals surface area contributed by atoms with Crippen LogP contribution in [0.15, 0.2) is 48.5 Å². The van der Waals surface area contributed by atoms with Crippen LogP contribution in [-0.2, 0) is 17.9 Å². The molecule has 1 spiro atoms. The number of carbonyl (C=O) groups excluding carboxylic acids is 2. The minimum absolute atomic E-state index is 0.182. The minimum Gasteiger partial charge on any atom is -0.323 e. The highest BCUT2D eigenvalue weighted by Gasteiger charge is 2.52. The molecule has 0 bridgehead atoms. The van der Waals surface area contributed by atoms with E-state index in [9.17, 15) is 14.0 Å². The van der Waals surface area contributed by atoms with Crippen molar-refractivity contribution in [3.63, 3.8) is 0 Å². The molecule has 0 saturated carbocycles. The molecule has 4 rings (SSSR count). The summed E-state index contributed by atoms with van der Waals surface area (Å²) in [5, 5.41) is 3.52. The molecule has 2 aromatic carbocycles. The second-order valence-corrected chi connectivity index (χ2v) is 7.83. The summed E-state index contributed by atoms with van der Waals surface area (Å²) in [4.78, 5) is 28.9. The quantitative estimate of drug-likeness (QED) is 0.797. The third kappa shape index (κ3) is 3.62. The molecule has 0 aliphatic carbocycles. The normalized spacial score (nSPS) is 19.3. The molecule has 0 unspecified atom stereocenters. The SMILES string of the molecule is O=C1NC2(CCN(Cc3ccccc3F)CC2)C(=O)N1Cc1ccc(Cl)cc1. The van der Waals surface area contributed by atoms with E-state index in [0.29, 0.717) is 43.1 Å². The summed E-state index contributed by atoms with van der Waals surface area (Å²) >= 11 is 5.90. The zero-order valence-corrected chi connectivity index (χ0v) is 16.1. The Morgan fingerprint density at radius 2 is 1.68 bits per heavy atom. The van der Waals surface area contributed by atoms with Crippen molar-refractivity contribution < 1.29 is 14.0 Å². The van der Waals surface area contributed by atoms with Crippen molar-refractivity contribution in [1.82, 2.24) is 15.1 Å². The molecular formula is C21H21ClFN3O2. The van der Waals surface area contributed by atoms with Crippen molar-refractivity contribution in [3.8, 4) is 0 Å². The number of likely N-dealkylation sites (tertiary alicyclic amines) is 1. The number of piperidine rings is 1. The van der Waals surface area contributed by atoms with Gasteiger partial charge in [0.15, 0.2) is 0 Å². The van der Waals surface area contributed by atoms with Crippen LogP contribution >= 0.6 is 11.6 Å². The number of imide groups is 1. The molecular weight excluding hydrogens is 381 g/mol. The minimum atomic E-state index is -0.852. The Labute approximate surface area is 168 Å². The average molecular weight is 402 g/mol. The molecule has 28 heavy (non-hydrogen) atoms. The Morgan fingerprint density at radius 1 is 1.00 bits per heavy atom. The van der Waals surface area contributed by atoms with Gasteiger partial charge in [-0.2, -0.15) is 0 Å². The Balaban J connectivity index is 1.41. The largest absolute Gasteiger partial charge is 0.325 e. The lowest BCUT2D eigenvalue weighted by Gasteiger charge is -2.37. The monoisotopic (exact) mass is 401 g/mol. The lowest BCUT2D eigenvalue weighted by Crippen LogP contribution is -2.54. The second-order valence-electron chi connectivity index (χ2n) is 7.40. The van der Waals surface area contributed by atoms with E-state index in [1.54, 1.807) is 24.3 Å². The Morgan fingerprint density at radius 3 is 2.36 bits per heavy atom. The fourth-order valence-corrected chi connectivity index (χ4v) is 4.02. The van der Waals surface area contributed by atoms with E-state index in [4.69, 9.17) is 11.6 Å². The van der Waals surface area contributed by atoms with Crippen molar-refractivity contribution in [2.75, 3.05) is 13.1 Å². The third-order valence-electron chi connectivity index (χ3n) is 5.56. The molecule has 5 nitrogen and oxygen atoms in total. The van der Waals surface area contributed by atoms with Crippen LogP contribution in [0.2, 0.25) is 5.02 Å². The van der Waals surface area contributed by atoms with Crippen LogP contribution in [0.3, 0.4) is 0 Å². The van der Waals surface area contributed by atoms with Crippen LogP contribution in [0, 0.1) is 5.82 Å². The molecule has 0 radical (unpaired) electrons. The van der Waals surface area contributed by atoms with E-state index >= 15 is 0 Å². The van der Waals surface area contributed by atoms with Crippen LogP contribution in [0.4, 0.5) is 9.18 Å². The number of halogens is 2. The summed E-state index contributed by atoms with van der Waals surface area (Å²) in [5.74, 6) is -0.403. The van der Waals surface area contributed by atoms with Gasteiger partial charge in [0.1, 0.15) is 11.4 Å². The number of amides is 3. The Hall–Kier alpha value is -2.44. The topological polar surface area (TPSA) is 52.7 Å². The van der Waals surface area contributed by atoms with E-state index in [1.807, 2.05) is 18.2 Å². The van der Waals surface area contributed by atoms with Crippen LogP contribution < -0.4 is 5.32 Å². The zero-order valence-electron chi connectivity index (χ0n) is 15.3. The molecule has 2 aliphatic heterocycles. The highest BCUT2D eigenvalue weighted by atomic mass is 35.5. The highest BCUT2D eigenvalue weighted by molar-refractivity contribution is 6.30. The lowest BCUT2D eigenvalue weighted by molar-refractivity contribution is -0.133. The van der Waals surface area contributed by atoms with E-state index in [1.165, 1.54) is 11.0 Å². The van der Waals surface area contributed by atoms with Gasteiger partial charge in [-0.3, -0.25) is 14.6 Å². The Kier molecular flexibility index (Phi) is 5.08. The average Bonchev–Trinajstić information content (AvgIpc) is 2.91. The summed E-state index contributed by atoms with van der Waals surface area (Å²) < 4.78 is 13.9. The first-order valence-corrected chi connectivity index (χ1v) is 9.69. The number of hydrogen-bond donors (Lipinski definition) is 1. The predicted molar refractivity (Wildman–Crippen MR) is 104 cm³/mol. The smallest absolute Gasteiger partial charge is 0.323 e. The summed E-state index contributed by atoms with van der Waals surface area (Å²) in [6, 6.07) is 13.5. The molecule has 3 amide bonds. The summed E-state index contributed by atoms with van der Waals surface area (Å²) in [6.07, 6.45) is 1.03. The van der Waals surface area contributed by atoms with Gasteiger partial charge in [-0.1, -0.05) is 41.9 Å². The number of rotatable bonds is 4. The molecule has 7 heteroatoms. The van der Waals surface area contributed by atoms with E-state index < -0.39 is 5.54 Å². The summed E-state index contributed by atoms with van der Waals surface area (Å²) in [5.41, 5.74) is 0.640. The molecule has 2 saturated heterocycles. The van der Waals surface area contributed by atoms with Gasteiger partial charge in [0.2, 0.25) is 0 Å². The fourth-order valence-electron chi connectivity index (χ4n) is 3.89. The second kappa shape index (κ2) is 7.53. The van der Waals surface area contributed by atoms with E-state index in [-0.39, 0.29) is 24.3 Å². The fraction of sp³-hybridized carbons (Fsp3) is 0.333. The number of nitrogens with one attached hydrogen (secondary N) is 1. The first-order chi connectivity index (χ1) is 13.5. The van der Waals surface area contributed by atoms with Gasteiger partial charge in [0, 0.05) is 30.2 Å². The molecule has 146 valence electrons. The van der Waals surface area contributed by atoms with Crippen LogP contribution in [0.1, 0.15) is 24.0 Å². The number of nitrogens with zero attached hydrogens (tertiary/aromatic N) is 2. The molecule has 2 heterocycles. The van der Waals surface area contributed by atoms with Crippen molar-refractivity contribution in [2.45, 2.75) is 31.5 Å². The first-order valence-electron chi connectivity index (χ1n) is 9.31. The van der Waals surface area contributed by atoms with Gasteiger partial charge in [0.25, 0.3) is 5.91 Å². The molecule has 2 aromatic rings. The number of benzene rings is 2. The van der Waals surface area contributed by atoms with Crippen LogP contribution in [0.25, 0.3) is 0 Å². The van der Waals surface area contributed by atoms with Crippen molar-refractivity contribution in [2.24, 2.45) is 0 Å². The molecule has 0 aromatic heterocycles. The lowest BCUT2D eigenvalue weighted by atomic mass is 9.87. The maximum atomic E-state index is 13.9. The van der Waals surface area contributed by atoms with Gasteiger partial charge in [-0.05, 0) is 36.6 Å². The Bertz CT molecular complexity index is 895. The highest BCUT2D eigenvalue weighted by Crippen LogP contribution is 2.31. The van der Waals surface area contributed by atoms with Crippen LogP contribution in [-0.4, -0.2) is 40.4 Å². The van der Waals surface area contributed by atoms with Crippen LogP contribution in [0.5, 0.6) is 0 Å². The standard InChI is InChI=1S/C21H21ClFN3O2/c22-17-7-5-15(6-8-17)13-26-19(27)21(24-20(26)28)9-11-25(12-10-21)14-16-3-1-2-4-18(16)23/h1-8H,9-14H2,(H,24,28). The molecule has 1 N–H and O–H groups in total. The van der Waals surface area contributed by atoms with Gasteiger partial charge < -0.3 is 5.32 Å². The summed E-state index contributed by atoms with van der Waals surface area (Å²) in [6.45, 7) is 1.96. The van der Waals surface area contributed by atoms with Crippen molar-refractivity contribution in [3.05, 3.63) is 70.5 Å². The maximum absolute atomic E-state index is 13.9. The first kappa shape index (κ1) is 18.9. The molecule has 2 aliphatic rings. The maximum Gasteiger partial charge on any atom is 0.325 e. The third-order valence-corrected chi connectivity index (χ3v) is 5.81. The summed E-state index contributed by atoms with van der Waals surface area (Å²) in [7, 11) is 0. The van der Waals surface area contributed by atoms with Crippen molar-refractivity contribution >= 4 is 23.5 Å². The van der Waals surface area contributed by atoms with Gasteiger partial charge >= 0.3 is 6.03 Å². The zero-order chi connectivity index (χ0) is 19.7. The van der Waals surface area contributed by atoms with Gasteiger partial charge in [-0.15, -0.1) is 0 Å². The molecule has 2 fully saturated rings. The van der Waals surface area contributed by atoms with Gasteiger partial charge in [0.05, 0.1) is 6.54 Å². The molecule has 0 atom stereocenters. The van der Waals surface area contributed by atoms with Gasteiger partial charge in [-0.25, -0.2) is 9.18 Å². The number of urea groups is 1.